The maximum Gasteiger partial charge on any atom is 0.191 e. The molecule has 1 atom stereocenters. The molecule has 5 heteroatoms. The molecule has 0 bridgehead atoms. The van der Waals surface area contributed by atoms with Crippen LogP contribution in [-0.4, -0.2) is 30.1 Å². The van der Waals surface area contributed by atoms with Gasteiger partial charge in [-0.2, -0.15) is 11.8 Å². The largest absolute Gasteiger partial charge is 0.459 e. The monoisotopic (exact) mass is 317 g/mol. The zero-order valence-corrected chi connectivity index (χ0v) is 14.0. The Kier molecular flexibility index (Phi) is 4.62. The molecule has 1 aliphatic heterocycles. The molecule has 0 spiro atoms. The number of rotatable bonds is 4. The highest BCUT2D eigenvalue weighted by Crippen LogP contribution is 2.36. The van der Waals surface area contributed by atoms with Gasteiger partial charge in [-0.25, -0.2) is 0 Å². The van der Waals surface area contributed by atoms with Crippen LogP contribution in [0.4, 0.5) is 0 Å². The molecule has 0 radical (unpaired) electrons. The smallest absolute Gasteiger partial charge is 0.191 e. The summed E-state index contributed by atoms with van der Waals surface area (Å²) in [6.07, 6.45) is 2.58. The predicted molar refractivity (Wildman–Crippen MR) is 94.5 cm³/mol. The molecular formula is C17H23N3OS. The number of guanidine groups is 1. The van der Waals surface area contributed by atoms with Crippen LogP contribution in [0.2, 0.25) is 0 Å². The zero-order valence-electron chi connectivity index (χ0n) is 13.2. The van der Waals surface area contributed by atoms with Gasteiger partial charge < -0.3 is 15.1 Å². The summed E-state index contributed by atoms with van der Waals surface area (Å²) in [5.74, 6) is 3.02. The number of aliphatic imine (C=N–C) groups is 1. The zero-order chi connectivity index (χ0) is 15.4. The maximum atomic E-state index is 5.81. The molecular weight excluding hydrogens is 294 g/mol. The van der Waals surface area contributed by atoms with E-state index >= 15 is 0 Å². The summed E-state index contributed by atoms with van der Waals surface area (Å²) in [6.45, 7) is 3.90. The minimum atomic E-state index is 0.330. The molecule has 4 nitrogen and oxygen atoms in total. The van der Waals surface area contributed by atoms with E-state index in [1.54, 1.807) is 7.05 Å². The molecule has 1 unspecified atom stereocenters. The Morgan fingerprint density at radius 3 is 2.95 bits per heavy atom. The van der Waals surface area contributed by atoms with E-state index in [0.29, 0.717) is 11.3 Å². The third-order valence-electron chi connectivity index (χ3n) is 4.06. The number of thioether (sulfide) groups is 1. The standard InChI is InChI=1S/C17H23N3OS/c1-17(8-5-9-22-17)12-20-16(18-2)19-11-14-10-13-6-3-4-7-15(13)21-14/h3-4,6-7,10H,5,8-9,11-12H2,1-2H3,(H2,18,19,20). The second kappa shape index (κ2) is 6.65. The van der Waals surface area contributed by atoms with Crippen molar-refractivity contribution >= 4 is 28.7 Å². The van der Waals surface area contributed by atoms with Crippen molar-refractivity contribution in [2.45, 2.75) is 31.1 Å². The van der Waals surface area contributed by atoms with Gasteiger partial charge in [0.05, 0.1) is 6.54 Å². The van der Waals surface area contributed by atoms with Gasteiger partial charge in [-0.3, -0.25) is 4.99 Å². The summed E-state index contributed by atoms with van der Waals surface area (Å²) in [6, 6.07) is 10.1. The van der Waals surface area contributed by atoms with Crippen molar-refractivity contribution in [3.05, 3.63) is 36.1 Å². The van der Waals surface area contributed by atoms with Crippen LogP contribution in [0.1, 0.15) is 25.5 Å². The molecule has 2 aromatic rings. The van der Waals surface area contributed by atoms with Gasteiger partial charge >= 0.3 is 0 Å². The number of fused-ring (bicyclic) bond motifs is 1. The third kappa shape index (κ3) is 3.58. The maximum absolute atomic E-state index is 5.81. The fraction of sp³-hybridized carbons (Fsp3) is 0.471. The minimum Gasteiger partial charge on any atom is -0.459 e. The molecule has 3 rings (SSSR count). The molecule has 1 fully saturated rings. The summed E-state index contributed by atoms with van der Waals surface area (Å²) in [5, 5.41) is 7.89. The third-order valence-corrected chi connectivity index (χ3v) is 5.60. The van der Waals surface area contributed by atoms with Crippen LogP contribution in [0, 0.1) is 0 Å². The number of hydrogen-bond donors (Lipinski definition) is 2. The summed E-state index contributed by atoms with van der Waals surface area (Å²) in [4.78, 5) is 4.29. The molecule has 2 heterocycles. The summed E-state index contributed by atoms with van der Waals surface area (Å²) < 4.78 is 6.14. The predicted octanol–water partition coefficient (Wildman–Crippen LogP) is 3.38. The molecule has 2 N–H and O–H groups in total. The van der Waals surface area contributed by atoms with Crippen molar-refractivity contribution < 1.29 is 4.42 Å². The highest BCUT2D eigenvalue weighted by Gasteiger charge is 2.29. The minimum absolute atomic E-state index is 0.330. The van der Waals surface area contributed by atoms with Crippen LogP contribution in [0.3, 0.4) is 0 Å². The molecule has 1 aromatic heterocycles. The second-order valence-corrected chi connectivity index (χ2v) is 7.61. The molecule has 0 aliphatic carbocycles. The average Bonchev–Trinajstić information content (AvgIpc) is 3.13. The lowest BCUT2D eigenvalue weighted by molar-refractivity contribution is 0.535. The molecule has 1 aromatic carbocycles. The van der Waals surface area contributed by atoms with E-state index < -0.39 is 0 Å². The Morgan fingerprint density at radius 1 is 1.36 bits per heavy atom. The fourth-order valence-electron chi connectivity index (χ4n) is 2.76. The number of benzene rings is 1. The van der Waals surface area contributed by atoms with Crippen LogP contribution in [0.25, 0.3) is 11.0 Å². The first-order chi connectivity index (χ1) is 10.7. The lowest BCUT2D eigenvalue weighted by Gasteiger charge is -2.24. The first kappa shape index (κ1) is 15.3. The van der Waals surface area contributed by atoms with E-state index in [1.807, 2.05) is 18.2 Å². The van der Waals surface area contributed by atoms with Gasteiger partial charge in [-0.05, 0) is 37.7 Å². The van der Waals surface area contributed by atoms with Crippen molar-refractivity contribution in [3.63, 3.8) is 0 Å². The highest BCUT2D eigenvalue weighted by atomic mass is 32.2. The van der Waals surface area contributed by atoms with Gasteiger partial charge in [0, 0.05) is 23.7 Å². The quantitative estimate of drug-likeness (QED) is 0.670. The molecule has 0 amide bonds. The van der Waals surface area contributed by atoms with E-state index in [0.717, 1.165) is 29.2 Å². The molecule has 118 valence electrons. The average molecular weight is 317 g/mol. The molecule has 1 saturated heterocycles. The van der Waals surface area contributed by atoms with Gasteiger partial charge in [-0.1, -0.05) is 18.2 Å². The van der Waals surface area contributed by atoms with Crippen LogP contribution in [0.5, 0.6) is 0 Å². The van der Waals surface area contributed by atoms with Crippen molar-refractivity contribution in [2.75, 3.05) is 19.3 Å². The Balaban J connectivity index is 1.54. The summed E-state index contributed by atoms with van der Waals surface area (Å²) in [5.41, 5.74) is 0.928. The van der Waals surface area contributed by atoms with E-state index in [2.05, 4.69) is 46.4 Å². The topological polar surface area (TPSA) is 49.6 Å². The van der Waals surface area contributed by atoms with Gasteiger partial charge in [0.1, 0.15) is 11.3 Å². The summed E-state index contributed by atoms with van der Waals surface area (Å²) >= 11 is 2.05. The van der Waals surface area contributed by atoms with Crippen molar-refractivity contribution in [1.29, 1.82) is 0 Å². The lowest BCUT2D eigenvalue weighted by atomic mass is 10.1. The van der Waals surface area contributed by atoms with E-state index in [-0.39, 0.29) is 0 Å². The number of para-hydroxylation sites is 1. The van der Waals surface area contributed by atoms with Crippen LogP contribution in [-0.2, 0) is 6.54 Å². The normalized spacial score (nSPS) is 22.2. The molecule has 1 aliphatic rings. The molecule has 22 heavy (non-hydrogen) atoms. The van der Waals surface area contributed by atoms with Gasteiger partial charge in [0.25, 0.3) is 0 Å². The first-order valence-corrected chi connectivity index (χ1v) is 8.73. The Morgan fingerprint density at radius 2 is 2.23 bits per heavy atom. The van der Waals surface area contributed by atoms with Crippen molar-refractivity contribution in [3.8, 4) is 0 Å². The van der Waals surface area contributed by atoms with Gasteiger partial charge in [0.15, 0.2) is 5.96 Å². The SMILES string of the molecule is CN=C(NCc1cc2ccccc2o1)NCC1(C)CCCS1. The van der Waals surface area contributed by atoms with Crippen LogP contribution >= 0.6 is 11.8 Å². The number of nitrogens with zero attached hydrogens (tertiary/aromatic N) is 1. The number of furan rings is 1. The Labute approximate surface area is 135 Å². The van der Waals surface area contributed by atoms with Crippen molar-refractivity contribution in [1.82, 2.24) is 10.6 Å². The highest BCUT2D eigenvalue weighted by molar-refractivity contribution is 8.00. The van der Waals surface area contributed by atoms with Gasteiger partial charge in [0.2, 0.25) is 0 Å². The van der Waals surface area contributed by atoms with Crippen LogP contribution in [0.15, 0.2) is 39.7 Å². The molecule has 0 saturated carbocycles. The van der Waals surface area contributed by atoms with E-state index in [4.69, 9.17) is 4.42 Å². The second-order valence-electron chi connectivity index (χ2n) is 5.93. The lowest BCUT2D eigenvalue weighted by Crippen LogP contribution is -2.43. The Bertz CT molecular complexity index is 626. The van der Waals surface area contributed by atoms with E-state index in [1.165, 1.54) is 18.6 Å². The van der Waals surface area contributed by atoms with Crippen molar-refractivity contribution in [2.24, 2.45) is 4.99 Å². The fourth-order valence-corrected chi connectivity index (χ4v) is 4.01. The van der Waals surface area contributed by atoms with Gasteiger partial charge in [-0.15, -0.1) is 0 Å². The summed E-state index contributed by atoms with van der Waals surface area (Å²) in [7, 11) is 1.80. The van der Waals surface area contributed by atoms with Crippen LogP contribution < -0.4 is 10.6 Å². The number of nitrogens with one attached hydrogen (secondary N) is 2. The van der Waals surface area contributed by atoms with E-state index in [9.17, 15) is 0 Å². The first-order valence-electron chi connectivity index (χ1n) is 7.74. The Hall–Kier alpha value is -1.62. The number of hydrogen-bond acceptors (Lipinski definition) is 3.